The summed E-state index contributed by atoms with van der Waals surface area (Å²) >= 11 is 0. The van der Waals surface area contributed by atoms with Crippen LogP contribution in [-0.2, 0) is 10.8 Å². The summed E-state index contributed by atoms with van der Waals surface area (Å²) in [6.45, 7) is 16.1. The third-order valence-corrected chi connectivity index (χ3v) is 3.93. The van der Waals surface area contributed by atoms with Crippen LogP contribution in [0.15, 0.2) is 30.3 Å². The lowest BCUT2D eigenvalue weighted by Crippen LogP contribution is -2.18. The summed E-state index contributed by atoms with van der Waals surface area (Å²) in [7, 11) is 0. The van der Waals surface area contributed by atoms with E-state index in [1.54, 1.807) is 0 Å². The number of fused-ring (bicyclic) bond motifs is 1. The number of aryl methyl sites for hydroxylation is 1. The molecule has 0 bridgehead atoms. The van der Waals surface area contributed by atoms with Crippen molar-refractivity contribution in [3.05, 3.63) is 47.0 Å². The first-order valence-electron chi connectivity index (χ1n) is 7.15. The second-order valence-corrected chi connectivity index (χ2v) is 7.64. The van der Waals surface area contributed by atoms with Crippen molar-refractivity contribution in [2.45, 2.75) is 59.3 Å². The van der Waals surface area contributed by atoms with Crippen LogP contribution in [0, 0.1) is 6.92 Å². The van der Waals surface area contributed by atoms with Gasteiger partial charge in [0.1, 0.15) is 0 Å². The molecule has 0 aliphatic rings. The van der Waals surface area contributed by atoms with E-state index in [1.165, 1.54) is 27.5 Å². The van der Waals surface area contributed by atoms with Crippen molar-refractivity contribution in [2.24, 2.45) is 0 Å². The Labute approximate surface area is 117 Å². The minimum absolute atomic E-state index is 0.174. The maximum Gasteiger partial charge on any atom is -0.0126 e. The van der Waals surface area contributed by atoms with Crippen molar-refractivity contribution in [1.29, 1.82) is 0 Å². The first-order valence-corrected chi connectivity index (χ1v) is 7.15. The molecule has 0 nitrogen and oxygen atoms in total. The molecule has 0 saturated carbocycles. The zero-order valence-corrected chi connectivity index (χ0v) is 13.4. The van der Waals surface area contributed by atoms with Gasteiger partial charge in [0.05, 0.1) is 0 Å². The van der Waals surface area contributed by atoms with Gasteiger partial charge in [0, 0.05) is 0 Å². The number of benzene rings is 2. The van der Waals surface area contributed by atoms with Crippen molar-refractivity contribution < 1.29 is 0 Å². The zero-order chi connectivity index (χ0) is 14.4. The summed E-state index contributed by atoms with van der Waals surface area (Å²) in [5.41, 5.74) is 4.72. The molecule has 0 unspecified atom stereocenters. The van der Waals surface area contributed by atoms with Gasteiger partial charge in [-0.1, -0.05) is 71.9 Å². The highest BCUT2D eigenvalue weighted by Gasteiger charge is 2.24. The maximum atomic E-state index is 2.43. The summed E-state index contributed by atoms with van der Waals surface area (Å²) in [4.78, 5) is 0. The van der Waals surface area contributed by atoms with Gasteiger partial charge >= 0.3 is 0 Å². The molecule has 0 N–H and O–H groups in total. The van der Waals surface area contributed by atoms with E-state index >= 15 is 0 Å². The first kappa shape index (κ1) is 14.1. The average molecular weight is 254 g/mol. The molecule has 0 aliphatic heterocycles. The van der Waals surface area contributed by atoms with Crippen molar-refractivity contribution in [1.82, 2.24) is 0 Å². The van der Waals surface area contributed by atoms with Gasteiger partial charge in [-0.25, -0.2) is 0 Å². The van der Waals surface area contributed by atoms with Gasteiger partial charge in [0.25, 0.3) is 0 Å². The highest BCUT2D eigenvalue weighted by Crippen LogP contribution is 2.37. The van der Waals surface area contributed by atoms with Gasteiger partial charge in [-0.15, -0.1) is 0 Å². The number of hydrogen-bond acceptors (Lipinski definition) is 0. The normalized spacial score (nSPS) is 13.0. The van der Waals surface area contributed by atoms with Crippen LogP contribution in [-0.4, -0.2) is 0 Å². The predicted molar refractivity (Wildman–Crippen MR) is 86.1 cm³/mol. The molecule has 102 valence electrons. The Balaban J connectivity index is 2.93. The molecule has 0 aliphatic carbocycles. The minimum Gasteiger partial charge on any atom is -0.0616 e. The lowest BCUT2D eigenvalue weighted by Gasteiger charge is -2.29. The van der Waals surface area contributed by atoms with E-state index < -0.39 is 0 Å². The van der Waals surface area contributed by atoms with Crippen LogP contribution in [0.1, 0.15) is 58.2 Å². The van der Waals surface area contributed by atoms with E-state index in [0.717, 1.165) is 0 Å². The lowest BCUT2D eigenvalue weighted by atomic mass is 9.76. The Morgan fingerprint density at radius 2 is 1.16 bits per heavy atom. The summed E-state index contributed by atoms with van der Waals surface area (Å²) in [6.07, 6.45) is 0. The third-order valence-electron chi connectivity index (χ3n) is 3.93. The van der Waals surface area contributed by atoms with Crippen LogP contribution in [0.2, 0.25) is 0 Å². The van der Waals surface area contributed by atoms with Crippen molar-refractivity contribution in [3.8, 4) is 0 Å². The second kappa shape index (κ2) is 4.37. The van der Waals surface area contributed by atoms with Crippen LogP contribution in [0.5, 0.6) is 0 Å². The molecule has 0 aromatic heterocycles. The van der Waals surface area contributed by atoms with Gasteiger partial charge in [-0.2, -0.15) is 0 Å². The molecule has 0 saturated heterocycles. The molecule has 19 heavy (non-hydrogen) atoms. The van der Waals surface area contributed by atoms with Crippen LogP contribution in [0.4, 0.5) is 0 Å². The summed E-state index contributed by atoms with van der Waals surface area (Å²) in [5.74, 6) is 0. The Hall–Kier alpha value is -1.30. The Morgan fingerprint density at radius 1 is 0.684 bits per heavy atom. The Bertz CT molecular complexity index is 604. The topological polar surface area (TPSA) is 0 Å². The smallest absolute Gasteiger partial charge is 0.0126 e. The molecule has 0 spiro atoms. The molecule has 2 aromatic carbocycles. The molecule has 0 amide bonds. The molecular weight excluding hydrogens is 228 g/mol. The van der Waals surface area contributed by atoms with E-state index in [4.69, 9.17) is 0 Å². The van der Waals surface area contributed by atoms with Crippen molar-refractivity contribution in [3.63, 3.8) is 0 Å². The molecule has 0 heterocycles. The average Bonchev–Trinajstić information content (AvgIpc) is 2.26. The molecule has 2 rings (SSSR count). The van der Waals surface area contributed by atoms with Crippen LogP contribution < -0.4 is 0 Å². The third kappa shape index (κ3) is 2.54. The monoisotopic (exact) mass is 254 g/mol. The van der Waals surface area contributed by atoms with Gasteiger partial charge < -0.3 is 0 Å². The van der Waals surface area contributed by atoms with E-state index in [0.29, 0.717) is 0 Å². The lowest BCUT2D eigenvalue weighted by molar-refractivity contribution is 0.570. The number of rotatable bonds is 0. The summed E-state index contributed by atoms with van der Waals surface area (Å²) in [6, 6.07) is 11.2. The Morgan fingerprint density at radius 3 is 1.63 bits per heavy atom. The van der Waals surface area contributed by atoms with Gasteiger partial charge in [0.15, 0.2) is 0 Å². The Kier molecular flexibility index (Phi) is 3.24. The zero-order valence-electron chi connectivity index (χ0n) is 13.4. The van der Waals surface area contributed by atoms with Crippen molar-refractivity contribution >= 4 is 10.8 Å². The van der Waals surface area contributed by atoms with Crippen LogP contribution in [0.3, 0.4) is 0 Å². The predicted octanol–water partition coefficient (Wildman–Crippen LogP) is 5.74. The van der Waals surface area contributed by atoms with E-state index in [2.05, 4.69) is 78.8 Å². The van der Waals surface area contributed by atoms with Gasteiger partial charge in [-0.05, 0) is 45.2 Å². The molecular formula is C19H26. The molecule has 2 aromatic rings. The summed E-state index contributed by atoms with van der Waals surface area (Å²) in [5, 5.41) is 2.81. The molecule has 0 radical (unpaired) electrons. The largest absolute Gasteiger partial charge is 0.0616 e. The fourth-order valence-corrected chi connectivity index (χ4v) is 2.92. The molecule has 0 atom stereocenters. The maximum absolute atomic E-state index is 2.43. The fraction of sp³-hybridized carbons (Fsp3) is 0.474. The summed E-state index contributed by atoms with van der Waals surface area (Å²) < 4.78 is 0. The van der Waals surface area contributed by atoms with Gasteiger partial charge in [-0.3, -0.25) is 0 Å². The first-order chi connectivity index (χ1) is 8.62. The van der Waals surface area contributed by atoms with E-state index in [1.807, 2.05) is 0 Å². The fourth-order valence-electron chi connectivity index (χ4n) is 2.92. The van der Waals surface area contributed by atoms with Gasteiger partial charge in [0.2, 0.25) is 0 Å². The quantitative estimate of drug-likeness (QED) is 0.562. The van der Waals surface area contributed by atoms with Crippen LogP contribution >= 0.6 is 0 Å². The standard InChI is InChI=1S/C19H26/c1-13-14-10-8-9-11-15(14)17(19(5,6)7)12-16(13)18(2,3)4/h8-12H,1-7H3. The van der Waals surface area contributed by atoms with E-state index in [9.17, 15) is 0 Å². The van der Waals surface area contributed by atoms with Crippen molar-refractivity contribution in [2.75, 3.05) is 0 Å². The highest BCUT2D eigenvalue weighted by molar-refractivity contribution is 5.90. The number of hydrogen-bond donors (Lipinski definition) is 0. The highest BCUT2D eigenvalue weighted by atomic mass is 14.3. The SMILES string of the molecule is Cc1c(C(C)(C)C)cc(C(C)(C)C)c2ccccc12. The second-order valence-electron chi connectivity index (χ2n) is 7.64. The molecule has 0 heteroatoms. The van der Waals surface area contributed by atoms with E-state index in [-0.39, 0.29) is 10.8 Å². The minimum atomic E-state index is 0.174. The molecule has 0 fully saturated rings. The van der Waals surface area contributed by atoms with Crippen LogP contribution in [0.25, 0.3) is 10.8 Å².